The molecule has 1 rings (SSSR count). The van der Waals surface area contributed by atoms with Crippen molar-refractivity contribution in [3.05, 3.63) is 23.3 Å². The van der Waals surface area contributed by atoms with Crippen molar-refractivity contribution in [1.29, 1.82) is 0 Å². The molecule has 15 heavy (non-hydrogen) atoms. The van der Waals surface area contributed by atoms with Crippen LogP contribution in [0.4, 0.5) is 0 Å². The minimum Gasteiger partial charge on any atom is -0.0870 e. The molecule has 0 nitrogen and oxygen atoms in total. The fourth-order valence-corrected chi connectivity index (χ4v) is 2.21. The fraction of sp³-hybridized carbons (Fsp3) is 0.733. The summed E-state index contributed by atoms with van der Waals surface area (Å²) in [5, 5.41) is 0. The van der Waals surface area contributed by atoms with E-state index >= 15 is 0 Å². The summed E-state index contributed by atoms with van der Waals surface area (Å²) in [5.41, 5.74) is 3.40. The van der Waals surface area contributed by atoms with E-state index in [2.05, 4.69) is 39.8 Å². The second-order valence-electron chi connectivity index (χ2n) is 5.28. The van der Waals surface area contributed by atoms with E-state index in [9.17, 15) is 0 Å². The monoisotopic (exact) mass is 206 g/mol. The molecule has 0 aromatic carbocycles. The predicted octanol–water partition coefficient (Wildman–Crippen LogP) is 5.12. The van der Waals surface area contributed by atoms with Crippen molar-refractivity contribution < 1.29 is 0 Å². The third kappa shape index (κ3) is 3.85. The van der Waals surface area contributed by atoms with Crippen molar-refractivity contribution in [2.75, 3.05) is 0 Å². The summed E-state index contributed by atoms with van der Waals surface area (Å²) in [7, 11) is 0. The summed E-state index contributed by atoms with van der Waals surface area (Å²) in [6.07, 6.45) is 11.2. The zero-order valence-corrected chi connectivity index (χ0v) is 10.8. The minimum absolute atomic E-state index is 0.782. The molecule has 0 amide bonds. The predicted molar refractivity (Wildman–Crippen MR) is 68.9 cm³/mol. The lowest BCUT2D eigenvalue weighted by Gasteiger charge is -2.25. The molecule has 0 aromatic rings. The molecule has 0 bridgehead atoms. The lowest BCUT2D eigenvalue weighted by atomic mass is 9.80. The second kappa shape index (κ2) is 6.15. The molecule has 1 aliphatic rings. The van der Waals surface area contributed by atoms with E-state index < -0.39 is 0 Å². The van der Waals surface area contributed by atoms with Crippen molar-refractivity contribution in [3.63, 3.8) is 0 Å². The zero-order chi connectivity index (χ0) is 11.3. The second-order valence-corrected chi connectivity index (χ2v) is 5.28. The SMILES string of the molecule is CCCCC(C)=C(CC(C)C)C1C=CC1. The molecule has 1 unspecified atom stereocenters. The summed E-state index contributed by atoms with van der Waals surface area (Å²) in [5.74, 6) is 1.58. The van der Waals surface area contributed by atoms with Gasteiger partial charge in [-0.1, -0.05) is 50.5 Å². The van der Waals surface area contributed by atoms with Crippen molar-refractivity contribution >= 4 is 0 Å². The zero-order valence-electron chi connectivity index (χ0n) is 10.8. The molecule has 1 aliphatic carbocycles. The number of hydrogen-bond acceptors (Lipinski definition) is 0. The van der Waals surface area contributed by atoms with Crippen LogP contribution in [0, 0.1) is 11.8 Å². The van der Waals surface area contributed by atoms with E-state index in [0.29, 0.717) is 0 Å². The van der Waals surface area contributed by atoms with E-state index in [0.717, 1.165) is 11.8 Å². The number of unbranched alkanes of at least 4 members (excludes halogenated alkanes) is 1. The average Bonchev–Trinajstić information content (AvgIpc) is 2.09. The normalized spacial score (nSPS) is 21.5. The van der Waals surface area contributed by atoms with Gasteiger partial charge < -0.3 is 0 Å². The molecule has 0 saturated heterocycles. The highest BCUT2D eigenvalue weighted by Gasteiger charge is 2.18. The van der Waals surface area contributed by atoms with Crippen molar-refractivity contribution in [1.82, 2.24) is 0 Å². The van der Waals surface area contributed by atoms with Gasteiger partial charge in [-0.3, -0.25) is 0 Å². The van der Waals surface area contributed by atoms with Crippen LogP contribution in [0.5, 0.6) is 0 Å². The molecule has 86 valence electrons. The topological polar surface area (TPSA) is 0 Å². The Kier molecular flexibility index (Phi) is 5.14. The highest BCUT2D eigenvalue weighted by molar-refractivity contribution is 5.25. The Morgan fingerprint density at radius 3 is 2.47 bits per heavy atom. The summed E-state index contributed by atoms with van der Waals surface area (Å²) in [4.78, 5) is 0. The summed E-state index contributed by atoms with van der Waals surface area (Å²) < 4.78 is 0. The summed E-state index contributed by atoms with van der Waals surface area (Å²) in [6, 6.07) is 0. The first-order valence-electron chi connectivity index (χ1n) is 6.50. The molecule has 0 radical (unpaired) electrons. The Balaban J connectivity index is 2.64. The Morgan fingerprint density at radius 2 is 2.07 bits per heavy atom. The number of allylic oxidation sites excluding steroid dienone is 4. The van der Waals surface area contributed by atoms with Crippen LogP contribution in [0.2, 0.25) is 0 Å². The molecule has 0 N–H and O–H groups in total. The molecule has 0 spiro atoms. The van der Waals surface area contributed by atoms with Crippen LogP contribution >= 0.6 is 0 Å². The largest absolute Gasteiger partial charge is 0.0870 e. The van der Waals surface area contributed by atoms with Gasteiger partial charge in [-0.25, -0.2) is 0 Å². The van der Waals surface area contributed by atoms with Gasteiger partial charge in [0.2, 0.25) is 0 Å². The van der Waals surface area contributed by atoms with E-state index in [-0.39, 0.29) is 0 Å². The first-order valence-corrected chi connectivity index (χ1v) is 6.50. The van der Waals surface area contributed by atoms with Crippen LogP contribution in [0.25, 0.3) is 0 Å². The molecule has 0 fully saturated rings. The van der Waals surface area contributed by atoms with E-state index in [1.807, 2.05) is 0 Å². The molecular weight excluding hydrogens is 180 g/mol. The average molecular weight is 206 g/mol. The van der Waals surface area contributed by atoms with Crippen molar-refractivity contribution in [2.24, 2.45) is 11.8 Å². The van der Waals surface area contributed by atoms with Crippen LogP contribution in [0.1, 0.15) is 59.8 Å². The first-order chi connectivity index (χ1) is 7.15. The van der Waals surface area contributed by atoms with Crippen LogP contribution in [-0.2, 0) is 0 Å². The van der Waals surface area contributed by atoms with Crippen molar-refractivity contribution in [2.45, 2.75) is 59.8 Å². The Labute approximate surface area is 95.5 Å². The van der Waals surface area contributed by atoms with Crippen LogP contribution in [0.15, 0.2) is 23.3 Å². The molecular formula is C15H26. The molecule has 0 heterocycles. The summed E-state index contributed by atoms with van der Waals surface area (Å²) in [6.45, 7) is 9.28. The standard InChI is InChI=1S/C15H26/c1-5-6-8-13(4)15(11-12(2)3)14-9-7-10-14/h7,9,12,14H,5-6,8,10-11H2,1-4H3. The maximum Gasteiger partial charge on any atom is 0.00139 e. The van der Waals surface area contributed by atoms with Gasteiger partial charge in [0.05, 0.1) is 0 Å². The molecule has 1 atom stereocenters. The van der Waals surface area contributed by atoms with Gasteiger partial charge in [0.15, 0.2) is 0 Å². The third-order valence-corrected chi connectivity index (χ3v) is 3.29. The third-order valence-electron chi connectivity index (χ3n) is 3.29. The molecule has 0 aromatic heterocycles. The quantitative estimate of drug-likeness (QED) is 0.529. The highest BCUT2D eigenvalue weighted by atomic mass is 14.2. The van der Waals surface area contributed by atoms with Gasteiger partial charge in [-0.2, -0.15) is 0 Å². The smallest absolute Gasteiger partial charge is 0.00139 e. The fourth-order valence-electron chi connectivity index (χ4n) is 2.21. The highest BCUT2D eigenvalue weighted by Crippen LogP contribution is 2.33. The maximum absolute atomic E-state index is 2.38. The van der Waals surface area contributed by atoms with Crippen molar-refractivity contribution in [3.8, 4) is 0 Å². The van der Waals surface area contributed by atoms with E-state index in [1.54, 1.807) is 11.1 Å². The maximum atomic E-state index is 2.38. The van der Waals surface area contributed by atoms with E-state index in [4.69, 9.17) is 0 Å². The van der Waals surface area contributed by atoms with Crippen LogP contribution in [-0.4, -0.2) is 0 Å². The Bertz CT molecular complexity index is 243. The number of rotatable bonds is 6. The van der Waals surface area contributed by atoms with Gasteiger partial charge in [-0.05, 0) is 38.5 Å². The Morgan fingerprint density at radius 1 is 1.40 bits per heavy atom. The summed E-state index contributed by atoms with van der Waals surface area (Å²) >= 11 is 0. The lowest BCUT2D eigenvalue weighted by molar-refractivity contribution is 0.562. The van der Waals surface area contributed by atoms with E-state index in [1.165, 1.54) is 32.1 Å². The van der Waals surface area contributed by atoms with Gasteiger partial charge in [0.1, 0.15) is 0 Å². The van der Waals surface area contributed by atoms with Crippen LogP contribution in [0.3, 0.4) is 0 Å². The van der Waals surface area contributed by atoms with Gasteiger partial charge in [-0.15, -0.1) is 0 Å². The Hall–Kier alpha value is -0.520. The molecule has 0 heteroatoms. The first kappa shape index (κ1) is 12.5. The van der Waals surface area contributed by atoms with Gasteiger partial charge in [0, 0.05) is 5.92 Å². The minimum atomic E-state index is 0.782. The molecule has 0 saturated carbocycles. The van der Waals surface area contributed by atoms with Gasteiger partial charge in [0.25, 0.3) is 0 Å². The van der Waals surface area contributed by atoms with Crippen LogP contribution < -0.4 is 0 Å². The van der Waals surface area contributed by atoms with Gasteiger partial charge >= 0.3 is 0 Å². The lowest BCUT2D eigenvalue weighted by Crippen LogP contribution is -2.11. The number of hydrogen-bond donors (Lipinski definition) is 0. The molecule has 0 aliphatic heterocycles.